The zero-order chi connectivity index (χ0) is 27.1. The average Bonchev–Trinajstić information content (AvgIpc) is 3.31. The second-order valence-electron chi connectivity index (χ2n) is 11.2. The Morgan fingerprint density at radius 2 is 1.95 bits per heavy atom. The molecule has 1 aliphatic carbocycles. The Bertz CT molecular complexity index is 1210. The van der Waals surface area contributed by atoms with E-state index in [-0.39, 0.29) is 5.92 Å². The van der Waals surface area contributed by atoms with E-state index in [2.05, 4.69) is 103 Å². The van der Waals surface area contributed by atoms with E-state index in [1.807, 2.05) is 0 Å². The van der Waals surface area contributed by atoms with Gasteiger partial charge in [-0.25, -0.2) is 0 Å². The number of aryl methyl sites for hydroxylation is 2. The molecule has 0 spiro atoms. The Morgan fingerprint density at radius 1 is 1.19 bits per heavy atom. The zero-order valence-corrected chi connectivity index (χ0v) is 24.5. The zero-order valence-electron chi connectivity index (χ0n) is 24.5. The molecule has 0 aromatic heterocycles. The molecule has 3 unspecified atom stereocenters. The van der Waals surface area contributed by atoms with E-state index in [0.29, 0.717) is 5.92 Å². The number of terminal acetylenes is 1. The van der Waals surface area contributed by atoms with Gasteiger partial charge < -0.3 is 0 Å². The minimum atomic E-state index is 0.181. The maximum atomic E-state index is 5.81. The van der Waals surface area contributed by atoms with Gasteiger partial charge in [0.05, 0.1) is 0 Å². The highest BCUT2D eigenvalue weighted by Crippen LogP contribution is 2.37. The number of benzene rings is 2. The molecule has 0 N–H and O–H groups in total. The van der Waals surface area contributed by atoms with Gasteiger partial charge in [0.25, 0.3) is 0 Å². The van der Waals surface area contributed by atoms with Gasteiger partial charge >= 0.3 is 0 Å². The van der Waals surface area contributed by atoms with Crippen LogP contribution in [0.3, 0.4) is 0 Å². The molecule has 2 aromatic carbocycles. The summed E-state index contributed by atoms with van der Waals surface area (Å²) in [7, 11) is 0. The van der Waals surface area contributed by atoms with Gasteiger partial charge in [0, 0.05) is 11.8 Å². The molecule has 0 radical (unpaired) electrons. The van der Waals surface area contributed by atoms with Gasteiger partial charge in [0.1, 0.15) is 0 Å². The van der Waals surface area contributed by atoms with E-state index < -0.39 is 0 Å². The first kappa shape index (κ1) is 28.8. The Morgan fingerprint density at radius 3 is 2.57 bits per heavy atom. The fraction of sp³-hybridized carbons (Fsp3) is 0.459. The molecule has 0 heteroatoms. The molecule has 0 amide bonds. The Balaban J connectivity index is 1.87. The summed E-state index contributed by atoms with van der Waals surface area (Å²) in [5.41, 5.74) is 14.2. The molecule has 0 aliphatic heterocycles. The fourth-order valence-electron chi connectivity index (χ4n) is 6.12. The Hall–Kier alpha value is -2.78. The molecule has 1 saturated carbocycles. The normalized spacial score (nSPS) is 18.1. The molecule has 0 heterocycles. The monoisotopic (exact) mass is 492 g/mol. The highest BCUT2D eigenvalue weighted by atomic mass is 14.3. The standard InChI is InChI=1S/C37H48/c1-10-25(4)31(11-2)20-19-26(5)29(8)36-17-14-18-37(30(36)9)34-23-28(7)35(32(12-3)24-34)22-21-33-16-13-15-27(33)6/h2,10,14,17-19,23-24,29,31,33H,6,12-13,15-16,20-22H2,1,3-5,7-9H3/b25-10+,26-19+. The molecular weight excluding hydrogens is 444 g/mol. The van der Waals surface area contributed by atoms with Crippen molar-refractivity contribution in [1.29, 1.82) is 0 Å². The van der Waals surface area contributed by atoms with Crippen LogP contribution in [0.1, 0.15) is 100 Å². The number of allylic oxidation sites excluding steroid dienone is 5. The van der Waals surface area contributed by atoms with Gasteiger partial charge in [-0.1, -0.05) is 85.6 Å². The molecule has 3 atom stereocenters. The van der Waals surface area contributed by atoms with Crippen molar-refractivity contribution >= 4 is 0 Å². The fourth-order valence-corrected chi connectivity index (χ4v) is 6.12. The van der Waals surface area contributed by atoms with Crippen LogP contribution in [0, 0.1) is 38.0 Å². The van der Waals surface area contributed by atoms with Crippen LogP contribution in [0.5, 0.6) is 0 Å². The number of hydrogen-bond acceptors (Lipinski definition) is 0. The molecule has 0 nitrogen and oxygen atoms in total. The third-order valence-corrected chi connectivity index (χ3v) is 9.03. The van der Waals surface area contributed by atoms with Crippen LogP contribution in [-0.2, 0) is 12.8 Å². The van der Waals surface area contributed by atoms with E-state index in [1.165, 1.54) is 82.2 Å². The second-order valence-corrected chi connectivity index (χ2v) is 11.2. The van der Waals surface area contributed by atoms with Crippen molar-refractivity contribution in [1.82, 2.24) is 0 Å². The third kappa shape index (κ3) is 6.76. The molecule has 3 rings (SSSR count). The summed E-state index contributed by atoms with van der Waals surface area (Å²) in [6.45, 7) is 20.0. The van der Waals surface area contributed by atoms with Gasteiger partial charge in [0.2, 0.25) is 0 Å². The minimum Gasteiger partial charge on any atom is -0.119 e. The van der Waals surface area contributed by atoms with Crippen LogP contribution in [-0.4, -0.2) is 0 Å². The van der Waals surface area contributed by atoms with Crippen molar-refractivity contribution in [2.45, 2.75) is 99.3 Å². The van der Waals surface area contributed by atoms with Crippen LogP contribution in [0.15, 0.2) is 65.8 Å². The summed E-state index contributed by atoms with van der Waals surface area (Å²) >= 11 is 0. The maximum absolute atomic E-state index is 5.81. The van der Waals surface area contributed by atoms with Crippen LogP contribution in [0.25, 0.3) is 11.1 Å². The lowest BCUT2D eigenvalue weighted by Crippen LogP contribution is -2.04. The summed E-state index contributed by atoms with van der Waals surface area (Å²) in [4.78, 5) is 0. The van der Waals surface area contributed by atoms with E-state index in [0.717, 1.165) is 18.8 Å². The van der Waals surface area contributed by atoms with Gasteiger partial charge in [-0.15, -0.1) is 6.42 Å². The SMILES string of the molecule is C#CC(C/C=C(\C)C(C)c1cccc(-c2cc(C)c(CCC3CCCC3=C)c(CC)c2)c1C)/C(C)=C/C. The van der Waals surface area contributed by atoms with Crippen molar-refractivity contribution in [2.24, 2.45) is 11.8 Å². The lowest BCUT2D eigenvalue weighted by molar-refractivity contribution is 0.571. The predicted octanol–water partition coefficient (Wildman–Crippen LogP) is 10.5. The lowest BCUT2D eigenvalue weighted by Gasteiger charge is -2.21. The van der Waals surface area contributed by atoms with Gasteiger partial charge in [-0.2, -0.15) is 0 Å². The minimum absolute atomic E-state index is 0.181. The van der Waals surface area contributed by atoms with E-state index >= 15 is 0 Å². The van der Waals surface area contributed by atoms with Crippen molar-refractivity contribution < 1.29 is 0 Å². The van der Waals surface area contributed by atoms with E-state index in [9.17, 15) is 0 Å². The quantitative estimate of drug-likeness (QED) is 0.228. The summed E-state index contributed by atoms with van der Waals surface area (Å²) in [5.74, 6) is 4.22. The Labute approximate surface area is 228 Å². The largest absolute Gasteiger partial charge is 0.119 e. The molecule has 2 aromatic rings. The van der Waals surface area contributed by atoms with Gasteiger partial charge in [-0.05, 0) is 124 Å². The maximum Gasteiger partial charge on any atom is 0.0441 e. The summed E-state index contributed by atoms with van der Waals surface area (Å²) in [6, 6.07) is 11.7. The van der Waals surface area contributed by atoms with Crippen LogP contribution in [0.2, 0.25) is 0 Å². The number of hydrogen-bond donors (Lipinski definition) is 0. The smallest absolute Gasteiger partial charge is 0.0441 e. The summed E-state index contributed by atoms with van der Waals surface area (Å²) in [5, 5.41) is 0. The molecular formula is C37H48. The first-order valence-electron chi connectivity index (χ1n) is 14.4. The second kappa shape index (κ2) is 13.1. The molecule has 1 fully saturated rings. The lowest BCUT2D eigenvalue weighted by atomic mass is 9.84. The van der Waals surface area contributed by atoms with Gasteiger partial charge in [0.15, 0.2) is 0 Å². The third-order valence-electron chi connectivity index (χ3n) is 9.03. The highest BCUT2D eigenvalue weighted by Gasteiger charge is 2.20. The van der Waals surface area contributed by atoms with Crippen molar-refractivity contribution in [3.05, 3.63) is 93.6 Å². The predicted molar refractivity (Wildman–Crippen MR) is 164 cm³/mol. The Kier molecular flexibility index (Phi) is 10.2. The number of rotatable bonds is 10. The van der Waals surface area contributed by atoms with E-state index in [1.54, 1.807) is 5.56 Å². The summed E-state index contributed by atoms with van der Waals surface area (Å²) in [6.07, 6.45) is 18.6. The first-order valence-corrected chi connectivity index (χ1v) is 14.4. The van der Waals surface area contributed by atoms with Crippen LogP contribution >= 0.6 is 0 Å². The first-order chi connectivity index (χ1) is 17.7. The average molecular weight is 493 g/mol. The van der Waals surface area contributed by atoms with Crippen molar-refractivity contribution in [3.63, 3.8) is 0 Å². The topological polar surface area (TPSA) is 0 Å². The summed E-state index contributed by atoms with van der Waals surface area (Å²) < 4.78 is 0. The molecule has 1 aliphatic rings. The van der Waals surface area contributed by atoms with Crippen molar-refractivity contribution in [3.8, 4) is 23.5 Å². The van der Waals surface area contributed by atoms with Crippen LogP contribution in [0.4, 0.5) is 0 Å². The molecule has 196 valence electrons. The molecule has 0 saturated heterocycles. The van der Waals surface area contributed by atoms with E-state index in [4.69, 9.17) is 6.42 Å². The molecule has 0 bridgehead atoms. The highest BCUT2D eigenvalue weighted by molar-refractivity contribution is 5.71. The molecule has 37 heavy (non-hydrogen) atoms. The van der Waals surface area contributed by atoms with Crippen LogP contribution < -0.4 is 0 Å². The van der Waals surface area contributed by atoms with Gasteiger partial charge in [-0.3, -0.25) is 0 Å². The van der Waals surface area contributed by atoms with Crippen molar-refractivity contribution in [2.75, 3.05) is 0 Å².